The predicted molar refractivity (Wildman–Crippen MR) is 81.2 cm³/mol. The normalized spacial score (nSPS) is 20.9. The van der Waals surface area contributed by atoms with Gasteiger partial charge in [0.15, 0.2) is 0 Å². The Labute approximate surface area is 117 Å². The fraction of sp³-hybridized carbons (Fsp3) is 0.625. The molecule has 0 aromatic heterocycles. The van der Waals surface area contributed by atoms with E-state index in [-0.39, 0.29) is 0 Å². The van der Waals surface area contributed by atoms with Gasteiger partial charge in [-0.2, -0.15) is 0 Å². The average Bonchev–Trinajstić information content (AvgIpc) is 2.42. The maximum atomic E-state index is 3.19. The molecule has 1 aliphatic heterocycles. The van der Waals surface area contributed by atoms with E-state index in [0.717, 1.165) is 19.1 Å². The molecule has 1 atom stereocenters. The van der Waals surface area contributed by atoms with Crippen molar-refractivity contribution < 1.29 is 0 Å². The maximum Gasteiger partial charge on any atom is 0.0234 e. The largest absolute Gasteiger partial charge is 0.316 e. The van der Waals surface area contributed by atoms with Crippen LogP contribution in [0.15, 0.2) is 24.3 Å². The van der Waals surface area contributed by atoms with Gasteiger partial charge in [-0.15, -0.1) is 0 Å². The van der Waals surface area contributed by atoms with Crippen molar-refractivity contribution in [3.8, 4) is 0 Å². The van der Waals surface area contributed by atoms with Crippen LogP contribution in [-0.4, -0.2) is 50.1 Å². The zero-order valence-electron chi connectivity index (χ0n) is 12.5. The van der Waals surface area contributed by atoms with Crippen LogP contribution in [0.25, 0.3) is 0 Å². The first kappa shape index (κ1) is 14.5. The van der Waals surface area contributed by atoms with Crippen molar-refractivity contribution in [2.45, 2.75) is 32.0 Å². The first-order chi connectivity index (χ1) is 9.19. The topological polar surface area (TPSA) is 18.5 Å². The summed E-state index contributed by atoms with van der Waals surface area (Å²) >= 11 is 0. The van der Waals surface area contributed by atoms with Gasteiger partial charge >= 0.3 is 0 Å². The highest BCUT2D eigenvalue weighted by Gasteiger charge is 2.21. The summed E-state index contributed by atoms with van der Waals surface area (Å²) in [6.45, 7) is 4.48. The minimum atomic E-state index is 0.720. The molecule has 3 nitrogen and oxygen atoms in total. The van der Waals surface area contributed by atoms with Gasteiger partial charge in [0.25, 0.3) is 0 Å². The van der Waals surface area contributed by atoms with E-state index in [4.69, 9.17) is 0 Å². The number of piperidine rings is 1. The summed E-state index contributed by atoms with van der Waals surface area (Å²) in [7, 11) is 6.38. The Hall–Kier alpha value is -0.900. The number of likely N-dealkylation sites (N-methyl/N-ethyl adjacent to an activating group) is 1. The lowest BCUT2D eigenvalue weighted by Crippen LogP contribution is -2.44. The fourth-order valence-electron chi connectivity index (χ4n) is 2.82. The Balaban J connectivity index is 1.89. The van der Waals surface area contributed by atoms with E-state index in [9.17, 15) is 0 Å². The van der Waals surface area contributed by atoms with Crippen LogP contribution in [0, 0.1) is 0 Å². The fourth-order valence-corrected chi connectivity index (χ4v) is 2.82. The molecule has 0 radical (unpaired) electrons. The summed E-state index contributed by atoms with van der Waals surface area (Å²) in [4.78, 5) is 4.95. The average molecular weight is 261 g/mol. The number of hydrogen-bond donors (Lipinski definition) is 1. The third-order valence-corrected chi connectivity index (χ3v) is 4.02. The van der Waals surface area contributed by atoms with Gasteiger partial charge in [-0.25, -0.2) is 0 Å². The van der Waals surface area contributed by atoms with Crippen molar-refractivity contribution >= 4 is 0 Å². The van der Waals surface area contributed by atoms with Gasteiger partial charge < -0.3 is 10.2 Å². The van der Waals surface area contributed by atoms with Gasteiger partial charge in [0.1, 0.15) is 0 Å². The second kappa shape index (κ2) is 7.04. The molecule has 0 aliphatic carbocycles. The van der Waals surface area contributed by atoms with E-state index in [1.54, 1.807) is 0 Å². The highest BCUT2D eigenvalue weighted by Crippen LogP contribution is 2.16. The zero-order valence-corrected chi connectivity index (χ0v) is 12.5. The first-order valence-electron chi connectivity index (χ1n) is 7.30. The van der Waals surface area contributed by atoms with Gasteiger partial charge in [-0.3, -0.25) is 4.90 Å². The third-order valence-electron chi connectivity index (χ3n) is 4.02. The third kappa shape index (κ3) is 4.30. The highest BCUT2D eigenvalue weighted by molar-refractivity contribution is 5.22. The first-order valence-corrected chi connectivity index (χ1v) is 7.30. The number of rotatable bonds is 5. The molecule has 19 heavy (non-hydrogen) atoms. The van der Waals surface area contributed by atoms with Gasteiger partial charge in [-0.05, 0) is 51.7 Å². The molecule has 1 fully saturated rings. The minimum Gasteiger partial charge on any atom is -0.316 e. The summed E-state index contributed by atoms with van der Waals surface area (Å²) in [5.41, 5.74) is 2.79. The van der Waals surface area contributed by atoms with Crippen molar-refractivity contribution in [2.75, 3.05) is 34.2 Å². The van der Waals surface area contributed by atoms with Crippen LogP contribution in [0.1, 0.15) is 24.0 Å². The molecule has 0 saturated carbocycles. The predicted octanol–water partition coefficient (Wildman–Crippen LogP) is 1.93. The van der Waals surface area contributed by atoms with Crippen LogP contribution in [0.3, 0.4) is 0 Å². The quantitative estimate of drug-likeness (QED) is 0.874. The molecule has 1 unspecified atom stereocenters. The van der Waals surface area contributed by atoms with E-state index < -0.39 is 0 Å². The van der Waals surface area contributed by atoms with Crippen LogP contribution >= 0.6 is 0 Å². The lowest BCUT2D eigenvalue weighted by molar-refractivity contribution is 0.128. The number of benzene rings is 1. The summed E-state index contributed by atoms with van der Waals surface area (Å²) in [6, 6.07) is 9.73. The Morgan fingerprint density at radius 3 is 2.53 bits per heavy atom. The Morgan fingerprint density at radius 1 is 1.21 bits per heavy atom. The van der Waals surface area contributed by atoms with E-state index >= 15 is 0 Å². The molecule has 1 saturated heterocycles. The van der Waals surface area contributed by atoms with Crippen LogP contribution < -0.4 is 5.32 Å². The minimum absolute atomic E-state index is 0.720. The van der Waals surface area contributed by atoms with Gasteiger partial charge in [0.2, 0.25) is 0 Å². The SMILES string of the molecule is CNCc1ccc(CN2CCCC(N(C)C)C2)cc1. The summed E-state index contributed by atoms with van der Waals surface area (Å²) < 4.78 is 0. The molecule has 1 heterocycles. The molecule has 106 valence electrons. The smallest absolute Gasteiger partial charge is 0.0234 e. The summed E-state index contributed by atoms with van der Waals surface area (Å²) in [5.74, 6) is 0. The lowest BCUT2D eigenvalue weighted by Gasteiger charge is -2.36. The van der Waals surface area contributed by atoms with Crippen LogP contribution in [0.5, 0.6) is 0 Å². The highest BCUT2D eigenvalue weighted by atomic mass is 15.2. The second-order valence-electron chi connectivity index (χ2n) is 5.84. The maximum absolute atomic E-state index is 3.19. The van der Waals surface area contributed by atoms with E-state index in [1.165, 1.54) is 37.1 Å². The summed E-state index contributed by atoms with van der Waals surface area (Å²) in [5, 5.41) is 3.19. The molecule has 0 amide bonds. The molecule has 1 aromatic carbocycles. The molecular weight excluding hydrogens is 234 g/mol. The monoisotopic (exact) mass is 261 g/mol. The van der Waals surface area contributed by atoms with Crippen molar-refractivity contribution in [3.63, 3.8) is 0 Å². The van der Waals surface area contributed by atoms with E-state index in [2.05, 4.69) is 53.5 Å². The zero-order chi connectivity index (χ0) is 13.7. The van der Waals surface area contributed by atoms with Crippen molar-refractivity contribution in [3.05, 3.63) is 35.4 Å². The number of nitrogens with zero attached hydrogens (tertiary/aromatic N) is 2. The number of nitrogens with one attached hydrogen (secondary N) is 1. The summed E-state index contributed by atoms with van der Waals surface area (Å²) in [6.07, 6.45) is 2.66. The molecule has 3 heteroatoms. The van der Waals surface area contributed by atoms with Gasteiger partial charge in [0.05, 0.1) is 0 Å². The number of hydrogen-bond acceptors (Lipinski definition) is 3. The molecule has 1 aliphatic rings. The molecule has 1 N–H and O–H groups in total. The molecular formula is C16H27N3. The van der Waals surface area contributed by atoms with Crippen molar-refractivity contribution in [1.29, 1.82) is 0 Å². The Morgan fingerprint density at radius 2 is 1.89 bits per heavy atom. The molecule has 1 aromatic rings. The molecule has 0 spiro atoms. The van der Waals surface area contributed by atoms with Gasteiger partial charge in [0, 0.05) is 25.7 Å². The van der Waals surface area contributed by atoms with Crippen LogP contribution in [-0.2, 0) is 13.1 Å². The number of likely N-dealkylation sites (tertiary alicyclic amines) is 1. The lowest BCUT2D eigenvalue weighted by atomic mass is 10.0. The Kier molecular flexibility index (Phi) is 5.37. The molecule has 0 bridgehead atoms. The standard InChI is InChI=1S/C16H27N3/c1-17-11-14-6-8-15(9-7-14)12-19-10-4-5-16(13-19)18(2)3/h6-9,16-17H,4-5,10-13H2,1-3H3. The van der Waals surface area contributed by atoms with E-state index in [1.807, 2.05) is 7.05 Å². The van der Waals surface area contributed by atoms with Crippen molar-refractivity contribution in [1.82, 2.24) is 15.1 Å². The van der Waals surface area contributed by atoms with Crippen LogP contribution in [0.4, 0.5) is 0 Å². The second-order valence-corrected chi connectivity index (χ2v) is 5.84. The Bertz CT molecular complexity index is 372. The van der Waals surface area contributed by atoms with Crippen molar-refractivity contribution in [2.24, 2.45) is 0 Å². The van der Waals surface area contributed by atoms with Crippen LogP contribution in [0.2, 0.25) is 0 Å². The van der Waals surface area contributed by atoms with E-state index in [0.29, 0.717) is 0 Å². The molecule has 2 rings (SSSR count). The van der Waals surface area contributed by atoms with Gasteiger partial charge in [-0.1, -0.05) is 24.3 Å².